The molecular formula is C16H15FN2O2. The summed E-state index contributed by atoms with van der Waals surface area (Å²) in [6.07, 6.45) is 0. The molecule has 0 unspecified atom stereocenters. The third-order valence-electron chi connectivity index (χ3n) is 3.21. The topological polar surface area (TPSA) is 72.2 Å². The first-order valence-electron chi connectivity index (χ1n) is 6.37. The molecule has 0 spiro atoms. The fourth-order valence-electron chi connectivity index (χ4n) is 2.13. The van der Waals surface area contributed by atoms with E-state index in [0.717, 1.165) is 6.07 Å². The summed E-state index contributed by atoms with van der Waals surface area (Å²) in [4.78, 5) is 23.7. The van der Waals surface area contributed by atoms with Gasteiger partial charge in [0.05, 0.1) is 11.3 Å². The number of hydrogen-bond acceptors (Lipinski definition) is 2. The Morgan fingerprint density at radius 3 is 2.48 bits per heavy atom. The lowest BCUT2D eigenvalue weighted by Gasteiger charge is -2.12. The Bertz CT molecular complexity index is 726. The Labute approximate surface area is 121 Å². The van der Waals surface area contributed by atoms with Crippen LogP contribution >= 0.6 is 0 Å². The predicted molar refractivity (Wildman–Crippen MR) is 78.8 cm³/mol. The maximum Gasteiger partial charge on any atom is 0.256 e. The number of anilines is 1. The average molecular weight is 286 g/mol. The van der Waals surface area contributed by atoms with Crippen LogP contribution in [0, 0.1) is 19.7 Å². The van der Waals surface area contributed by atoms with Crippen molar-refractivity contribution < 1.29 is 14.0 Å². The average Bonchev–Trinajstić information content (AvgIpc) is 2.41. The lowest BCUT2D eigenvalue weighted by molar-refractivity contribution is 0.100. The Morgan fingerprint density at radius 2 is 1.81 bits per heavy atom. The van der Waals surface area contributed by atoms with Gasteiger partial charge in [-0.3, -0.25) is 9.59 Å². The molecule has 0 aromatic heterocycles. The van der Waals surface area contributed by atoms with Gasteiger partial charge in [0.1, 0.15) is 5.82 Å². The number of hydrogen-bond donors (Lipinski definition) is 2. The standard InChI is InChI=1S/C16H15FN2O2/c1-9-6-7-11(17)8-12(9)16(21)19-13-5-3-4-10(2)14(13)15(18)20/h3-8H,1-2H3,(H2,18,20)(H,19,21). The highest BCUT2D eigenvalue weighted by atomic mass is 19.1. The summed E-state index contributed by atoms with van der Waals surface area (Å²) >= 11 is 0. The number of carbonyl (C=O) groups excluding carboxylic acids is 2. The monoisotopic (exact) mass is 286 g/mol. The van der Waals surface area contributed by atoms with E-state index in [2.05, 4.69) is 5.32 Å². The van der Waals surface area contributed by atoms with Crippen LogP contribution < -0.4 is 11.1 Å². The largest absolute Gasteiger partial charge is 0.366 e. The predicted octanol–water partition coefficient (Wildman–Crippen LogP) is 2.79. The van der Waals surface area contributed by atoms with Crippen LogP contribution in [-0.2, 0) is 0 Å². The molecule has 0 aliphatic rings. The van der Waals surface area contributed by atoms with E-state index in [0.29, 0.717) is 16.8 Å². The lowest BCUT2D eigenvalue weighted by atomic mass is 10.0. The molecule has 0 aliphatic heterocycles. The molecule has 2 aromatic carbocycles. The molecular weight excluding hydrogens is 271 g/mol. The van der Waals surface area contributed by atoms with Crippen molar-refractivity contribution >= 4 is 17.5 Å². The number of halogens is 1. The van der Waals surface area contributed by atoms with Gasteiger partial charge in [-0.1, -0.05) is 18.2 Å². The van der Waals surface area contributed by atoms with Crippen LogP contribution in [0.3, 0.4) is 0 Å². The SMILES string of the molecule is Cc1ccc(F)cc1C(=O)Nc1cccc(C)c1C(N)=O. The van der Waals surface area contributed by atoms with Crippen LogP contribution in [0.2, 0.25) is 0 Å². The van der Waals surface area contributed by atoms with Gasteiger partial charge in [0.15, 0.2) is 0 Å². The van der Waals surface area contributed by atoms with E-state index >= 15 is 0 Å². The van der Waals surface area contributed by atoms with Gasteiger partial charge in [0, 0.05) is 5.56 Å². The zero-order valence-electron chi connectivity index (χ0n) is 11.7. The van der Waals surface area contributed by atoms with Crippen molar-refractivity contribution in [3.63, 3.8) is 0 Å². The van der Waals surface area contributed by atoms with E-state index in [-0.39, 0.29) is 11.1 Å². The summed E-state index contributed by atoms with van der Waals surface area (Å²) in [5.41, 5.74) is 7.42. The number of rotatable bonds is 3. The Balaban J connectivity index is 2.39. The first kappa shape index (κ1) is 14.7. The van der Waals surface area contributed by atoms with Crippen molar-refractivity contribution in [3.05, 3.63) is 64.5 Å². The smallest absolute Gasteiger partial charge is 0.256 e. The molecule has 2 aromatic rings. The highest BCUT2D eigenvalue weighted by Crippen LogP contribution is 2.20. The quantitative estimate of drug-likeness (QED) is 0.910. The molecule has 0 aliphatic carbocycles. The van der Waals surface area contributed by atoms with Crippen molar-refractivity contribution in [2.24, 2.45) is 5.73 Å². The fourth-order valence-corrected chi connectivity index (χ4v) is 2.13. The summed E-state index contributed by atoms with van der Waals surface area (Å²) in [5.74, 6) is -1.61. The zero-order chi connectivity index (χ0) is 15.6. The van der Waals surface area contributed by atoms with Gasteiger partial charge in [0.2, 0.25) is 0 Å². The minimum Gasteiger partial charge on any atom is -0.366 e. The maximum atomic E-state index is 13.3. The summed E-state index contributed by atoms with van der Waals surface area (Å²) in [6.45, 7) is 3.43. The molecule has 108 valence electrons. The molecule has 0 radical (unpaired) electrons. The normalized spacial score (nSPS) is 10.2. The number of primary amides is 1. The molecule has 5 heteroatoms. The van der Waals surface area contributed by atoms with E-state index in [1.165, 1.54) is 12.1 Å². The highest BCUT2D eigenvalue weighted by molar-refractivity contribution is 6.09. The molecule has 0 saturated carbocycles. The van der Waals surface area contributed by atoms with Gasteiger partial charge in [-0.15, -0.1) is 0 Å². The highest BCUT2D eigenvalue weighted by Gasteiger charge is 2.16. The Hall–Kier alpha value is -2.69. The third kappa shape index (κ3) is 3.08. The molecule has 0 atom stereocenters. The van der Waals surface area contributed by atoms with Crippen LogP contribution in [0.1, 0.15) is 31.8 Å². The first-order valence-corrected chi connectivity index (χ1v) is 6.37. The number of nitrogens with two attached hydrogens (primary N) is 1. The number of nitrogens with one attached hydrogen (secondary N) is 1. The minimum absolute atomic E-state index is 0.215. The summed E-state index contributed by atoms with van der Waals surface area (Å²) in [5, 5.41) is 2.61. The van der Waals surface area contributed by atoms with Gasteiger partial charge in [-0.25, -0.2) is 4.39 Å². The van der Waals surface area contributed by atoms with Crippen LogP contribution in [0.5, 0.6) is 0 Å². The van der Waals surface area contributed by atoms with Crippen LogP contribution in [0.25, 0.3) is 0 Å². The maximum absolute atomic E-state index is 13.3. The van der Waals surface area contributed by atoms with Crippen LogP contribution in [0.4, 0.5) is 10.1 Å². The molecule has 2 amide bonds. The van der Waals surface area contributed by atoms with Gasteiger partial charge in [-0.2, -0.15) is 0 Å². The van der Waals surface area contributed by atoms with Crippen molar-refractivity contribution in [2.75, 3.05) is 5.32 Å². The third-order valence-corrected chi connectivity index (χ3v) is 3.21. The van der Waals surface area contributed by atoms with Crippen molar-refractivity contribution in [2.45, 2.75) is 13.8 Å². The minimum atomic E-state index is -0.626. The van der Waals surface area contributed by atoms with E-state index in [4.69, 9.17) is 5.73 Å². The Kier molecular flexibility index (Phi) is 4.03. The molecule has 0 saturated heterocycles. The second-order valence-electron chi connectivity index (χ2n) is 4.78. The molecule has 21 heavy (non-hydrogen) atoms. The summed E-state index contributed by atoms with van der Waals surface area (Å²) in [7, 11) is 0. The van der Waals surface area contributed by atoms with E-state index in [9.17, 15) is 14.0 Å². The molecule has 2 rings (SSSR count). The van der Waals surface area contributed by atoms with Gasteiger partial charge in [0.25, 0.3) is 11.8 Å². The lowest BCUT2D eigenvalue weighted by Crippen LogP contribution is -2.20. The second-order valence-corrected chi connectivity index (χ2v) is 4.78. The first-order chi connectivity index (χ1) is 9.90. The van der Waals surface area contributed by atoms with E-state index < -0.39 is 17.6 Å². The number of carbonyl (C=O) groups is 2. The van der Waals surface area contributed by atoms with Crippen molar-refractivity contribution in [1.82, 2.24) is 0 Å². The van der Waals surface area contributed by atoms with Gasteiger partial charge < -0.3 is 11.1 Å². The molecule has 0 heterocycles. The Morgan fingerprint density at radius 1 is 1.10 bits per heavy atom. The van der Waals surface area contributed by atoms with E-state index in [1.807, 2.05) is 0 Å². The molecule has 0 fully saturated rings. The van der Waals surface area contributed by atoms with Gasteiger partial charge >= 0.3 is 0 Å². The number of aryl methyl sites for hydroxylation is 2. The van der Waals surface area contributed by atoms with Crippen LogP contribution in [0.15, 0.2) is 36.4 Å². The van der Waals surface area contributed by atoms with Crippen molar-refractivity contribution in [1.29, 1.82) is 0 Å². The van der Waals surface area contributed by atoms with Crippen molar-refractivity contribution in [3.8, 4) is 0 Å². The zero-order valence-corrected chi connectivity index (χ0v) is 11.7. The molecule has 4 nitrogen and oxygen atoms in total. The van der Waals surface area contributed by atoms with Crippen LogP contribution in [-0.4, -0.2) is 11.8 Å². The molecule has 0 bridgehead atoms. The number of benzene rings is 2. The summed E-state index contributed by atoms with van der Waals surface area (Å²) in [6, 6.07) is 8.98. The molecule has 3 N–H and O–H groups in total. The second kappa shape index (κ2) is 5.75. The number of amides is 2. The fraction of sp³-hybridized carbons (Fsp3) is 0.125. The van der Waals surface area contributed by atoms with E-state index in [1.54, 1.807) is 32.0 Å². The summed E-state index contributed by atoms with van der Waals surface area (Å²) < 4.78 is 13.3. The van der Waals surface area contributed by atoms with Gasteiger partial charge in [-0.05, 0) is 43.2 Å².